The summed E-state index contributed by atoms with van der Waals surface area (Å²) in [5.41, 5.74) is 2.23. The molecule has 2 heterocycles. The van der Waals surface area contributed by atoms with Crippen LogP contribution in [0.2, 0.25) is 0 Å². The summed E-state index contributed by atoms with van der Waals surface area (Å²) in [6.45, 7) is 4.86. The Morgan fingerprint density at radius 1 is 1.28 bits per heavy atom. The molecule has 1 aromatic heterocycles. The predicted octanol–water partition coefficient (Wildman–Crippen LogP) is 2.57. The molecule has 134 valence electrons. The first-order valence-corrected chi connectivity index (χ1v) is 10.3. The minimum atomic E-state index is -2.92. The van der Waals surface area contributed by atoms with Gasteiger partial charge < -0.3 is 9.80 Å². The van der Waals surface area contributed by atoms with Gasteiger partial charge in [0.05, 0.1) is 11.5 Å². The first kappa shape index (κ1) is 17.7. The van der Waals surface area contributed by atoms with Crippen LogP contribution in [0, 0.1) is 6.92 Å². The Balaban J connectivity index is 1.87. The topological polar surface area (TPSA) is 66.4 Å². The minimum Gasteiger partial charge on any atom is -0.355 e. The van der Waals surface area contributed by atoms with Crippen molar-refractivity contribution in [3.05, 3.63) is 42.1 Å². The van der Waals surface area contributed by atoms with Crippen molar-refractivity contribution in [2.24, 2.45) is 0 Å². The molecular weight excluding hydrogens is 336 g/mol. The lowest BCUT2D eigenvalue weighted by Gasteiger charge is -2.26. The van der Waals surface area contributed by atoms with E-state index in [1.807, 2.05) is 30.1 Å². The summed E-state index contributed by atoms with van der Waals surface area (Å²) >= 11 is 0. The van der Waals surface area contributed by atoms with Crippen LogP contribution in [0.5, 0.6) is 0 Å². The standard InChI is InChI=1S/C18H24N4O2S/c1-4-22(15-7-5-6-14(2)12-15)18-19-10-8-17(20-18)21(3)16-9-11-25(23,24)13-16/h5-8,10,12,16H,4,9,11,13H2,1-3H3. The normalized spacial score (nSPS) is 18.9. The molecule has 1 atom stereocenters. The first-order chi connectivity index (χ1) is 11.9. The molecule has 1 aliphatic heterocycles. The maximum absolute atomic E-state index is 11.7. The molecule has 1 saturated heterocycles. The van der Waals surface area contributed by atoms with Crippen molar-refractivity contribution in [2.75, 3.05) is 34.9 Å². The summed E-state index contributed by atoms with van der Waals surface area (Å²) < 4.78 is 23.5. The maximum atomic E-state index is 11.7. The Morgan fingerprint density at radius 3 is 2.72 bits per heavy atom. The van der Waals surface area contributed by atoms with Crippen LogP contribution in [0.3, 0.4) is 0 Å². The average Bonchev–Trinajstić information content (AvgIpc) is 2.95. The number of aromatic nitrogens is 2. The van der Waals surface area contributed by atoms with E-state index >= 15 is 0 Å². The fourth-order valence-corrected chi connectivity index (χ4v) is 4.94. The highest BCUT2D eigenvalue weighted by molar-refractivity contribution is 7.91. The van der Waals surface area contributed by atoms with Gasteiger partial charge >= 0.3 is 0 Å². The van der Waals surface area contributed by atoms with Crippen molar-refractivity contribution >= 4 is 27.3 Å². The summed E-state index contributed by atoms with van der Waals surface area (Å²) in [5, 5.41) is 0. The largest absolute Gasteiger partial charge is 0.355 e. The van der Waals surface area contributed by atoms with Crippen LogP contribution in [0.4, 0.5) is 17.5 Å². The minimum absolute atomic E-state index is 0.0261. The van der Waals surface area contributed by atoms with E-state index in [1.165, 1.54) is 5.56 Å². The van der Waals surface area contributed by atoms with E-state index in [9.17, 15) is 8.42 Å². The van der Waals surface area contributed by atoms with Crippen molar-refractivity contribution in [1.82, 2.24) is 9.97 Å². The zero-order valence-corrected chi connectivity index (χ0v) is 15.7. The Morgan fingerprint density at radius 2 is 2.08 bits per heavy atom. The number of sulfone groups is 1. The molecule has 0 N–H and O–H groups in total. The number of anilines is 3. The molecular formula is C18H24N4O2S. The van der Waals surface area contributed by atoms with Gasteiger partial charge in [-0.25, -0.2) is 13.4 Å². The fraction of sp³-hybridized carbons (Fsp3) is 0.444. The van der Waals surface area contributed by atoms with Gasteiger partial charge in [0.15, 0.2) is 9.84 Å². The number of rotatable bonds is 5. The molecule has 0 bridgehead atoms. The van der Waals surface area contributed by atoms with Crippen LogP contribution in [-0.2, 0) is 9.84 Å². The molecule has 0 spiro atoms. The van der Waals surface area contributed by atoms with Crippen molar-refractivity contribution < 1.29 is 8.42 Å². The van der Waals surface area contributed by atoms with Gasteiger partial charge in [-0.3, -0.25) is 0 Å². The summed E-state index contributed by atoms with van der Waals surface area (Å²) in [7, 11) is -1.02. The van der Waals surface area contributed by atoms with Crippen LogP contribution < -0.4 is 9.80 Å². The molecule has 0 radical (unpaired) electrons. The predicted molar refractivity (Wildman–Crippen MR) is 101 cm³/mol. The Bertz CT molecular complexity index is 854. The van der Waals surface area contributed by atoms with Gasteiger partial charge in [0.1, 0.15) is 5.82 Å². The Hall–Kier alpha value is -2.15. The van der Waals surface area contributed by atoms with Crippen molar-refractivity contribution in [1.29, 1.82) is 0 Å². The van der Waals surface area contributed by atoms with E-state index in [0.717, 1.165) is 18.1 Å². The highest BCUT2D eigenvalue weighted by Gasteiger charge is 2.31. The van der Waals surface area contributed by atoms with Gasteiger partial charge in [-0.1, -0.05) is 12.1 Å². The highest BCUT2D eigenvalue weighted by atomic mass is 32.2. The van der Waals surface area contributed by atoms with E-state index < -0.39 is 9.84 Å². The van der Waals surface area contributed by atoms with E-state index in [2.05, 4.69) is 40.8 Å². The number of hydrogen-bond acceptors (Lipinski definition) is 6. The number of hydrogen-bond donors (Lipinski definition) is 0. The third kappa shape index (κ3) is 3.92. The van der Waals surface area contributed by atoms with E-state index in [0.29, 0.717) is 12.4 Å². The number of benzene rings is 1. The molecule has 0 amide bonds. The molecule has 1 aromatic carbocycles. The van der Waals surface area contributed by atoms with Crippen molar-refractivity contribution in [3.63, 3.8) is 0 Å². The second-order valence-corrected chi connectivity index (χ2v) is 8.69. The zero-order valence-electron chi connectivity index (χ0n) is 14.9. The molecule has 3 rings (SSSR count). The van der Waals surface area contributed by atoms with Crippen molar-refractivity contribution in [3.8, 4) is 0 Å². The van der Waals surface area contributed by atoms with Gasteiger partial charge in [0.25, 0.3) is 0 Å². The van der Waals surface area contributed by atoms with Crippen LogP contribution >= 0.6 is 0 Å². The molecule has 0 saturated carbocycles. The summed E-state index contributed by atoms with van der Waals surface area (Å²) in [6, 6.07) is 10.0. The number of aryl methyl sites for hydroxylation is 1. The number of nitrogens with zero attached hydrogens (tertiary/aromatic N) is 4. The molecule has 1 unspecified atom stereocenters. The van der Waals surface area contributed by atoms with E-state index in [4.69, 9.17) is 0 Å². The Kier molecular flexibility index (Phi) is 4.94. The van der Waals surface area contributed by atoms with Gasteiger partial charge in [-0.2, -0.15) is 4.98 Å². The quantitative estimate of drug-likeness (QED) is 0.816. The lowest BCUT2D eigenvalue weighted by Crippen LogP contribution is -2.33. The Labute approximate surface area is 149 Å². The van der Waals surface area contributed by atoms with Gasteiger partial charge in [-0.05, 0) is 44.0 Å². The maximum Gasteiger partial charge on any atom is 0.231 e. The molecule has 0 aliphatic carbocycles. The molecule has 7 heteroatoms. The van der Waals surface area contributed by atoms with Crippen molar-refractivity contribution in [2.45, 2.75) is 26.3 Å². The molecule has 1 aliphatic rings. The van der Waals surface area contributed by atoms with Crippen LogP contribution in [-0.4, -0.2) is 49.5 Å². The zero-order chi connectivity index (χ0) is 18.0. The summed E-state index contributed by atoms with van der Waals surface area (Å²) in [5.74, 6) is 1.82. The highest BCUT2D eigenvalue weighted by Crippen LogP contribution is 2.26. The molecule has 6 nitrogen and oxygen atoms in total. The molecule has 1 fully saturated rings. The summed E-state index contributed by atoms with van der Waals surface area (Å²) in [6.07, 6.45) is 2.38. The average molecular weight is 360 g/mol. The second-order valence-electron chi connectivity index (χ2n) is 6.47. The van der Waals surface area contributed by atoms with Gasteiger partial charge in [0.2, 0.25) is 5.95 Å². The SMILES string of the molecule is CCN(c1cccc(C)c1)c1nccc(N(C)C2CCS(=O)(=O)C2)n1. The lowest BCUT2D eigenvalue weighted by molar-refractivity contribution is 0.600. The third-order valence-electron chi connectivity index (χ3n) is 4.62. The third-order valence-corrected chi connectivity index (χ3v) is 6.37. The lowest BCUT2D eigenvalue weighted by atomic mass is 10.2. The first-order valence-electron chi connectivity index (χ1n) is 8.50. The van der Waals surface area contributed by atoms with Gasteiger partial charge in [-0.15, -0.1) is 0 Å². The monoisotopic (exact) mass is 360 g/mol. The molecule has 2 aromatic rings. The van der Waals surface area contributed by atoms with Gasteiger partial charge in [0, 0.05) is 31.5 Å². The van der Waals surface area contributed by atoms with Crippen LogP contribution in [0.1, 0.15) is 18.9 Å². The van der Waals surface area contributed by atoms with Crippen LogP contribution in [0.15, 0.2) is 36.5 Å². The fourth-order valence-electron chi connectivity index (χ4n) is 3.17. The van der Waals surface area contributed by atoms with Crippen LogP contribution in [0.25, 0.3) is 0 Å². The van der Waals surface area contributed by atoms with E-state index in [1.54, 1.807) is 6.20 Å². The second kappa shape index (κ2) is 7.00. The van der Waals surface area contributed by atoms with E-state index in [-0.39, 0.29) is 17.5 Å². The smallest absolute Gasteiger partial charge is 0.231 e. The molecule has 25 heavy (non-hydrogen) atoms. The summed E-state index contributed by atoms with van der Waals surface area (Å²) in [4.78, 5) is 13.1.